The molecule has 25 heavy (non-hydrogen) atoms. The first-order valence-corrected chi connectivity index (χ1v) is 11.8. The molecule has 1 atom stereocenters. The Morgan fingerprint density at radius 1 is 1.24 bits per heavy atom. The summed E-state index contributed by atoms with van der Waals surface area (Å²) in [4.78, 5) is 16.9. The van der Waals surface area contributed by atoms with Crippen molar-refractivity contribution in [3.8, 4) is 0 Å². The SMILES string of the molecule is Cc1nc(SCC(=O)N[C@H]2CCS(=O)(=O)C2)n(C2CCCCC2)c1C. The van der Waals surface area contributed by atoms with E-state index in [4.69, 9.17) is 0 Å². The van der Waals surface area contributed by atoms with E-state index >= 15 is 0 Å². The number of sulfone groups is 1. The highest BCUT2D eigenvalue weighted by molar-refractivity contribution is 7.99. The molecular formula is C17H27N3O3S2. The lowest BCUT2D eigenvalue weighted by atomic mass is 9.95. The molecule has 2 aliphatic rings. The number of aryl methyl sites for hydroxylation is 1. The second kappa shape index (κ2) is 7.70. The maximum Gasteiger partial charge on any atom is 0.230 e. The van der Waals surface area contributed by atoms with Crippen LogP contribution in [0.15, 0.2) is 5.16 Å². The van der Waals surface area contributed by atoms with Gasteiger partial charge in [-0.15, -0.1) is 0 Å². The van der Waals surface area contributed by atoms with E-state index in [1.54, 1.807) is 0 Å². The van der Waals surface area contributed by atoms with Crippen molar-refractivity contribution in [3.05, 3.63) is 11.4 Å². The van der Waals surface area contributed by atoms with Gasteiger partial charge in [-0.25, -0.2) is 13.4 Å². The van der Waals surface area contributed by atoms with Crippen LogP contribution < -0.4 is 5.32 Å². The largest absolute Gasteiger partial charge is 0.352 e. The third-order valence-corrected chi connectivity index (χ3v) is 7.94. The van der Waals surface area contributed by atoms with Crippen LogP contribution in [-0.4, -0.2) is 47.2 Å². The van der Waals surface area contributed by atoms with Crippen LogP contribution >= 0.6 is 11.8 Å². The number of aromatic nitrogens is 2. The predicted octanol–water partition coefficient (Wildman–Crippen LogP) is 2.40. The fraction of sp³-hybridized carbons (Fsp3) is 0.765. The number of amides is 1. The number of rotatable bonds is 5. The molecule has 0 spiro atoms. The molecule has 140 valence electrons. The number of hydrogen-bond donors (Lipinski definition) is 1. The van der Waals surface area contributed by atoms with Crippen molar-refractivity contribution in [1.29, 1.82) is 0 Å². The first kappa shape index (κ1) is 18.8. The lowest BCUT2D eigenvalue weighted by molar-refractivity contribution is -0.119. The van der Waals surface area contributed by atoms with Gasteiger partial charge in [-0.05, 0) is 33.1 Å². The molecule has 1 aromatic heterocycles. The van der Waals surface area contributed by atoms with Gasteiger partial charge >= 0.3 is 0 Å². The lowest BCUT2D eigenvalue weighted by Gasteiger charge is -2.26. The molecule has 1 saturated heterocycles. The normalized spacial score (nSPS) is 23.7. The monoisotopic (exact) mass is 385 g/mol. The van der Waals surface area contributed by atoms with Crippen LogP contribution in [0, 0.1) is 13.8 Å². The number of nitrogens with one attached hydrogen (secondary N) is 1. The van der Waals surface area contributed by atoms with Gasteiger partial charge in [-0.3, -0.25) is 4.79 Å². The minimum atomic E-state index is -2.97. The smallest absolute Gasteiger partial charge is 0.230 e. The molecule has 1 aromatic rings. The van der Waals surface area contributed by atoms with Gasteiger partial charge in [0.15, 0.2) is 15.0 Å². The molecule has 1 N–H and O–H groups in total. The molecular weight excluding hydrogens is 358 g/mol. The molecule has 2 heterocycles. The van der Waals surface area contributed by atoms with Crippen LogP contribution in [0.25, 0.3) is 0 Å². The molecule has 1 aliphatic heterocycles. The number of carbonyl (C=O) groups excluding carboxylic acids is 1. The molecule has 0 aromatic carbocycles. The van der Waals surface area contributed by atoms with E-state index in [0.29, 0.717) is 12.5 Å². The highest BCUT2D eigenvalue weighted by Gasteiger charge is 2.29. The average Bonchev–Trinajstić information content (AvgIpc) is 3.05. The number of nitrogens with zero attached hydrogens (tertiary/aromatic N) is 2. The summed E-state index contributed by atoms with van der Waals surface area (Å²) in [7, 11) is -2.97. The van der Waals surface area contributed by atoms with Crippen LogP contribution in [0.1, 0.15) is 56.0 Å². The zero-order chi connectivity index (χ0) is 18.0. The van der Waals surface area contributed by atoms with Crippen LogP contribution in [-0.2, 0) is 14.6 Å². The average molecular weight is 386 g/mol. The number of imidazole rings is 1. The predicted molar refractivity (Wildman–Crippen MR) is 99.7 cm³/mol. The minimum absolute atomic E-state index is 0.0678. The topological polar surface area (TPSA) is 81.1 Å². The highest BCUT2D eigenvalue weighted by Crippen LogP contribution is 2.34. The number of carbonyl (C=O) groups is 1. The Hall–Kier alpha value is -1.02. The van der Waals surface area contributed by atoms with E-state index < -0.39 is 9.84 Å². The fourth-order valence-corrected chi connectivity index (χ4v) is 6.42. The van der Waals surface area contributed by atoms with Crippen molar-refractivity contribution in [1.82, 2.24) is 14.9 Å². The van der Waals surface area contributed by atoms with E-state index in [1.807, 2.05) is 6.92 Å². The number of hydrogen-bond acceptors (Lipinski definition) is 5. The molecule has 0 bridgehead atoms. The quantitative estimate of drug-likeness (QED) is 0.787. The summed E-state index contributed by atoms with van der Waals surface area (Å²) in [5.74, 6) is 0.410. The molecule has 0 unspecified atom stereocenters. The summed E-state index contributed by atoms with van der Waals surface area (Å²) >= 11 is 1.46. The van der Waals surface area contributed by atoms with Crippen LogP contribution in [0.5, 0.6) is 0 Å². The standard InChI is InChI=1S/C17H27N3O3S2/c1-12-13(2)20(15-6-4-3-5-7-15)17(18-12)24-10-16(21)19-14-8-9-25(22,23)11-14/h14-15H,3-11H2,1-2H3,(H,19,21)/t14-/m0/s1. The molecule has 8 heteroatoms. The molecule has 1 saturated carbocycles. The van der Waals surface area contributed by atoms with Crippen molar-refractivity contribution in [2.75, 3.05) is 17.3 Å². The first-order chi connectivity index (χ1) is 11.9. The lowest BCUT2D eigenvalue weighted by Crippen LogP contribution is -2.36. The van der Waals surface area contributed by atoms with E-state index in [2.05, 4.69) is 21.8 Å². The number of thioether (sulfide) groups is 1. The molecule has 1 aliphatic carbocycles. The second-order valence-corrected chi connectivity index (χ2v) is 10.4. The van der Waals surface area contributed by atoms with Crippen LogP contribution in [0.2, 0.25) is 0 Å². The van der Waals surface area contributed by atoms with Crippen molar-refractivity contribution in [2.24, 2.45) is 0 Å². The first-order valence-electron chi connectivity index (χ1n) is 9.04. The second-order valence-electron chi connectivity index (χ2n) is 7.18. The Morgan fingerprint density at radius 2 is 1.96 bits per heavy atom. The van der Waals surface area contributed by atoms with Crippen molar-refractivity contribution in [3.63, 3.8) is 0 Å². The van der Waals surface area contributed by atoms with Crippen LogP contribution in [0.4, 0.5) is 0 Å². The summed E-state index contributed by atoms with van der Waals surface area (Å²) in [6, 6.07) is 0.250. The Balaban J connectivity index is 1.61. The minimum Gasteiger partial charge on any atom is -0.352 e. The zero-order valence-electron chi connectivity index (χ0n) is 15.0. The Bertz CT molecular complexity index is 737. The van der Waals surface area contributed by atoms with Gasteiger partial charge in [-0.1, -0.05) is 31.0 Å². The third-order valence-electron chi connectivity index (χ3n) is 5.22. The Morgan fingerprint density at radius 3 is 2.60 bits per heavy atom. The summed E-state index contributed by atoms with van der Waals surface area (Å²) < 4.78 is 25.3. The summed E-state index contributed by atoms with van der Waals surface area (Å²) in [6.07, 6.45) is 6.68. The van der Waals surface area contributed by atoms with Gasteiger partial charge < -0.3 is 9.88 Å². The Kier molecular flexibility index (Phi) is 5.78. The maximum absolute atomic E-state index is 12.2. The molecule has 0 radical (unpaired) electrons. The zero-order valence-corrected chi connectivity index (χ0v) is 16.6. The molecule has 6 nitrogen and oxygen atoms in total. The van der Waals surface area contributed by atoms with Gasteiger partial charge in [-0.2, -0.15) is 0 Å². The third kappa shape index (κ3) is 4.58. The van der Waals surface area contributed by atoms with E-state index in [0.717, 1.165) is 10.9 Å². The Labute approximate surface area is 154 Å². The van der Waals surface area contributed by atoms with E-state index in [-0.39, 0.29) is 29.2 Å². The van der Waals surface area contributed by atoms with Gasteiger partial charge in [0, 0.05) is 17.8 Å². The van der Waals surface area contributed by atoms with Gasteiger partial charge in [0.25, 0.3) is 0 Å². The molecule has 2 fully saturated rings. The summed E-state index contributed by atoms with van der Waals surface area (Å²) in [5, 5.41) is 3.76. The van der Waals surface area contributed by atoms with Gasteiger partial charge in [0.1, 0.15) is 0 Å². The van der Waals surface area contributed by atoms with Crippen LogP contribution in [0.3, 0.4) is 0 Å². The summed E-state index contributed by atoms with van der Waals surface area (Å²) in [6.45, 7) is 4.12. The van der Waals surface area contributed by atoms with E-state index in [1.165, 1.54) is 49.6 Å². The van der Waals surface area contributed by atoms with Gasteiger partial charge in [0.05, 0.1) is 23.0 Å². The molecule has 1 amide bonds. The van der Waals surface area contributed by atoms with Crippen molar-refractivity contribution < 1.29 is 13.2 Å². The van der Waals surface area contributed by atoms with E-state index in [9.17, 15) is 13.2 Å². The highest BCUT2D eigenvalue weighted by atomic mass is 32.2. The van der Waals surface area contributed by atoms with Crippen molar-refractivity contribution in [2.45, 2.75) is 69.6 Å². The maximum atomic E-state index is 12.2. The van der Waals surface area contributed by atoms with Crippen molar-refractivity contribution >= 4 is 27.5 Å². The molecule has 3 rings (SSSR count). The van der Waals surface area contributed by atoms with Gasteiger partial charge in [0.2, 0.25) is 5.91 Å². The fourth-order valence-electron chi connectivity index (χ4n) is 3.78. The summed E-state index contributed by atoms with van der Waals surface area (Å²) in [5.41, 5.74) is 2.21.